The SMILES string of the molecule is CCCC(O)c1cc(OCc2ccccc2)ccc1Cl. The maximum absolute atomic E-state index is 10.1. The molecular formula is C17H19ClO2. The molecule has 0 saturated heterocycles. The Hall–Kier alpha value is -1.51. The van der Waals surface area contributed by atoms with E-state index in [1.165, 1.54) is 0 Å². The molecule has 2 aromatic carbocycles. The van der Waals surface area contributed by atoms with Gasteiger partial charge < -0.3 is 9.84 Å². The van der Waals surface area contributed by atoms with Crippen LogP contribution in [0.4, 0.5) is 0 Å². The van der Waals surface area contributed by atoms with Crippen molar-refractivity contribution in [1.82, 2.24) is 0 Å². The third kappa shape index (κ3) is 3.99. The van der Waals surface area contributed by atoms with Crippen molar-refractivity contribution in [1.29, 1.82) is 0 Å². The molecule has 0 aliphatic rings. The molecule has 0 radical (unpaired) electrons. The first-order valence-corrected chi connectivity index (χ1v) is 7.22. The Labute approximate surface area is 125 Å². The summed E-state index contributed by atoms with van der Waals surface area (Å²) >= 11 is 6.13. The van der Waals surface area contributed by atoms with Crippen molar-refractivity contribution in [3.05, 3.63) is 64.7 Å². The maximum atomic E-state index is 10.1. The molecule has 2 aromatic rings. The van der Waals surface area contributed by atoms with Crippen LogP contribution in [0.2, 0.25) is 5.02 Å². The van der Waals surface area contributed by atoms with Crippen LogP contribution >= 0.6 is 11.6 Å². The molecule has 2 nitrogen and oxygen atoms in total. The van der Waals surface area contributed by atoms with E-state index in [1.54, 1.807) is 6.07 Å². The van der Waals surface area contributed by atoms with Crippen molar-refractivity contribution in [3.63, 3.8) is 0 Å². The molecule has 1 unspecified atom stereocenters. The van der Waals surface area contributed by atoms with Crippen LogP contribution in [-0.2, 0) is 6.61 Å². The second-order valence-corrected chi connectivity index (χ2v) is 5.17. The number of rotatable bonds is 6. The average Bonchev–Trinajstić information content (AvgIpc) is 2.47. The van der Waals surface area contributed by atoms with Crippen LogP contribution in [0.25, 0.3) is 0 Å². The van der Waals surface area contributed by atoms with Gasteiger partial charge in [-0.3, -0.25) is 0 Å². The summed E-state index contributed by atoms with van der Waals surface area (Å²) in [5, 5.41) is 10.7. The number of benzene rings is 2. The molecule has 2 rings (SSSR count). The summed E-state index contributed by atoms with van der Waals surface area (Å²) in [4.78, 5) is 0. The highest BCUT2D eigenvalue weighted by atomic mass is 35.5. The van der Waals surface area contributed by atoms with E-state index >= 15 is 0 Å². The van der Waals surface area contributed by atoms with E-state index in [-0.39, 0.29) is 0 Å². The second kappa shape index (κ2) is 7.32. The van der Waals surface area contributed by atoms with E-state index in [1.807, 2.05) is 49.4 Å². The van der Waals surface area contributed by atoms with Gasteiger partial charge >= 0.3 is 0 Å². The number of hydrogen-bond donors (Lipinski definition) is 1. The standard InChI is InChI=1S/C17H19ClO2/c1-2-6-17(19)15-11-14(9-10-16(15)18)20-12-13-7-4-3-5-8-13/h3-5,7-11,17,19H,2,6,12H2,1H3. The Kier molecular flexibility index (Phi) is 5.45. The minimum absolute atomic E-state index is 0.506. The predicted octanol–water partition coefficient (Wildman–Crippen LogP) is 4.75. The lowest BCUT2D eigenvalue weighted by Crippen LogP contribution is -2.00. The van der Waals surface area contributed by atoms with Crippen molar-refractivity contribution in [2.24, 2.45) is 0 Å². The van der Waals surface area contributed by atoms with E-state index in [9.17, 15) is 5.11 Å². The Morgan fingerprint density at radius 3 is 2.60 bits per heavy atom. The van der Waals surface area contributed by atoms with Gasteiger partial charge in [-0.05, 0) is 30.2 Å². The van der Waals surface area contributed by atoms with E-state index < -0.39 is 6.10 Å². The molecule has 106 valence electrons. The van der Waals surface area contributed by atoms with Gasteiger partial charge in [0.25, 0.3) is 0 Å². The zero-order valence-electron chi connectivity index (χ0n) is 11.6. The zero-order valence-corrected chi connectivity index (χ0v) is 12.3. The van der Waals surface area contributed by atoms with E-state index in [2.05, 4.69) is 0 Å². The van der Waals surface area contributed by atoms with Gasteiger partial charge in [-0.1, -0.05) is 55.3 Å². The molecule has 0 saturated carbocycles. The van der Waals surface area contributed by atoms with Gasteiger partial charge in [0.1, 0.15) is 12.4 Å². The highest BCUT2D eigenvalue weighted by molar-refractivity contribution is 6.31. The molecule has 1 atom stereocenters. The summed E-state index contributed by atoms with van der Waals surface area (Å²) in [6.07, 6.45) is 1.07. The van der Waals surface area contributed by atoms with Crippen LogP contribution < -0.4 is 4.74 Å². The Morgan fingerprint density at radius 2 is 1.90 bits per heavy atom. The van der Waals surface area contributed by atoms with Crippen LogP contribution in [0.5, 0.6) is 5.75 Å². The summed E-state index contributed by atoms with van der Waals surface area (Å²) in [7, 11) is 0. The third-order valence-corrected chi connectivity index (χ3v) is 3.48. The van der Waals surface area contributed by atoms with Crippen LogP contribution in [0.1, 0.15) is 37.0 Å². The molecule has 1 N–H and O–H groups in total. The molecule has 0 fully saturated rings. The quantitative estimate of drug-likeness (QED) is 0.832. The molecule has 0 aromatic heterocycles. The van der Waals surface area contributed by atoms with E-state index in [0.717, 1.165) is 23.3 Å². The van der Waals surface area contributed by atoms with Crippen molar-refractivity contribution in [2.45, 2.75) is 32.5 Å². The number of aliphatic hydroxyl groups is 1. The van der Waals surface area contributed by atoms with Crippen molar-refractivity contribution in [2.75, 3.05) is 0 Å². The van der Waals surface area contributed by atoms with E-state index in [4.69, 9.17) is 16.3 Å². The van der Waals surface area contributed by atoms with Crippen LogP contribution in [0.3, 0.4) is 0 Å². The summed E-state index contributed by atoms with van der Waals surface area (Å²) in [6.45, 7) is 2.54. The smallest absolute Gasteiger partial charge is 0.120 e. The minimum Gasteiger partial charge on any atom is -0.489 e. The number of halogens is 1. The van der Waals surface area contributed by atoms with Gasteiger partial charge in [0.05, 0.1) is 6.10 Å². The zero-order chi connectivity index (χ0) is 14.4. The molecule has 3 heteroatoms. The minimum atomic E-state index is -0.534. The number of ether oxygens (including phenoxy) is 1. The number of hydrogen-bond acceptors (Lipinski definition) is 2. The number of aliphatic hydroxyl groups excluding tert-OH is 1. The van der Waals surface area contributed by atoms with Crippen molar-refractivity contribution < 1.29 is 9.84 Å². The Bertz CT molecular complexity index is 540. The summed E-state index contributed by atoms with van der Waals surface area (Å²) in [5.74, 6) is 0.725. The highest BCUT2D eigenvalue weighted by Crippen LogP contribution is 2.30. The molecule has 20 heavy (non-hydrogen) atoms. The average molecular weight is 291 g/mol. The molecule has 0 aliphatic carbocycles. The van der Waals surface area contributed by atoms with Gasteiger partial charge in [0, 0.05) is 10.6 Å². The Balaban J connectivity index is 2.07. The van der Waals surface area contributed by atoms with Crippen LogP contribution in [-0.4, -0.2) is 5.11 Å². The van der Waals surface area contributed by atoms with Crippen LogP contribution in [0, 0.1) is 0 Å². The molecule has 0 heterocycles. The van der Waals surface area contributed by atoms with Gasteiger partial charge in [0.15, 0.2) is 0 Å². The molecule has 0 spiro atoms. The first kappa shape index (κ1) is 14.9. The molecular weight excluding hydrogens is 272 g/mol. The van der Waals surface area contributed by atoms with Crippen molar-refractivity contribution >= 4 is 11.6 Å². The Morgan fingerprint density at radius 1 is 1.15 bits per heavy atom. The van der Waals surface area contributed by atoms with E-state index in [0.29, 0.717) is 18.1 Å². The van der Waals surface area contributed by atoms with Crippen molar-refractivity contribution in [3.8, 4) is 5.75 Å². The van der Waals surface area contributed by atoms with Gasteiger partial charge in [-0.15, -0.1) is 0 Å². The molecule has 0 bridgehead atoms. The third-order valence-electron chi connectivity index (χ3n) is 3.14. The maximum Gasteiger partial charge on any atom is 0.120 e. The monoisotopic (exact) mass is 290 g/mol. The van der Waals surface area contributed by atoms with Gasteiger partial charge in [-0.2, -0.15) is 0 Å². The topological polar surface area (TPSA) is 29.5 Å². The largest absolute Gasteiger partial charge is 0.489 e. The highest BCUT2D eigenvalue weighted by Gasteiger charge is 2.12. The lowest BCUT2D eigenvalue weighted by atomic mass is 10.1. The fourth-order valence-electron chi connectivity index (χ4n) is 2.04. The van der Waals surface area contributed by atoms with Gasteiger partial charge in [-0.25, -0.2) is 0 Å². The molecule has 0 amide bonds. The second-order valence-electron chi connectivity index (χ2n) is 4.76. The van der Waals surface area contributed by atoms with Gasteiger partial charge in [0.2, 0.25) is 0 Å². The summed E-state index contributed by atoms with van der Waals surface area (Å²) in [5.41, 5.74) is 1.84. The lowest BCUT2D eigenvalue weighted by molar-refractivity contribution is 0.166. The normalized spacial score (nSPS) is 12.2. The predicted molar refractivity (Wildman–Crippen MR) is 82.1 cm³/mol. The molecule has 0 aliphatic heterocycles. The fraction of sp³-hybridized carbons (Fsp3) is 0.294. The summed E-state index contributed by atoms with van der Waals surface area (Å²) < 4.78 is 5.75. The first-order chi connectivity index (χ1) is 9.70. The first-order valence-electron chi connectivity index (χ1n) is 6.85. The lowest BCUT2D eigenvalue weighted by Gasteiger charge is -2.14. The fourth-order valence-corrected chi connectivity index (χ4v) is 2.28. The van der Waals surface area contributed by atoms with Crippen LogP contribution in [0.15, 0.2) is 48.5 Å². The summed E-state index contributed by atoms with van der Waals surface area (Å²) in [6, 6.07) is 15.4.